The lowest BCUT2D eigenvalue weighted by Crippen LogP contribution is -2.14. The van der Waals surface area contributed by atoms with Crippen LogP contribution >= 0.6 is 11.6 Å². The zero-order valence-corrected chi connectivity index (χ0v) is 7.56. The highest BCUT2D eigenvalue weighted by atomic mass is 35.5. The molecule has 0 atom stereocenters. The summed E-state index contributed by atoms with van der Waals surface area (Å²) in [6.07, 6.45) is -2.85. The first-order chi connectivity index (χ1) is 6.46. The van der Waals surface area contributed by atoms with Gasteiger partial charge in [-0.2, -0.15) is 13.2 Å². The molecule has 0 saturated carbocycles. The number of hydrogen-bond acceptors (Lipinski definition) is 2. The lowest BCUT2D eigenvalue weighted by atomic mass is 10.1. The number of pyridine rings is 1. The molecular formula is C8H5ClF3NO. The van der Waals surface area contributed by atoms with Gasteiger partial charge >= 0.3 is 6.18 Å². The number of carbonyl (C=O) groups excluding carboxylic acids is 1. The Kier molecular flexibility index (Phi) is 3.10. The van der Waals surface area contributed by atoms with Crippen LogP contribution in [0.1, 0.15) is 15.9 Å². The Labute approximate surface area is 82.7 Å². The standard InChI is InChI=1S/C8H5ClF3NO/c9-3-7(14)5-1-2-13-4-6(5)8(10,11)12/h1-2,4H,3H2. The van der Waals surface area contributed by atoms with E-state index in [4.69, 9.17) is 11.6 Å². The second kappa shape index (κ2) is 3.96. The predicted molar refractivity (Wildman–Crippen MR) is 44.3 cm³/mol. The molecule has 0 saturated heterocycles. The molecule has 1 rings (SSSR count). The molecule has 14 heavy (non-hydrogen) atoms. The number of rotatable bonds is 2. The van der Waals surface area contributed by atoms with Crippen molar-refractivity contribution in [3.05, 3.63) is 29.6 Å². The average molecular weight is 224 g/mol. The van der Waals surface area contributed by atoms with Crippen molar-refractivity contribution < 1.29 is 18.0 Å². The number of carbonyl (C=O) groups is 1. The molecule has 0 radical (unpaired) electrons. The Balaban J connectivity index is 3.23. The van der Waals surface area contributed by atoms with Gasteiger partial charge in [0.25, 0.3) is 0 Å². The van der Waals surface area contributed by atoms with E-state index in [0.717, 1.165) is 12.3 Å². The maximum absolute atomic E-state index is 12.3. The molecule has 1 aromatic heterocycles. The van der Waals surface area contributed by atoms with E-state index in [9.17, 15) is 18.0 Å². The highest BCUT2D eigenvalue weighted by molar-refractivity contribution is 6.30. The summed E-state index contributed by atoms with van der Waals surface area (Å²) in [5.41, 5.74) is -1.49. The summed E-state index contributed by atoms with van der Waals surface area (Å²) in [6.45, 7) is 0. The number of nitrogens with zero attached hydrogens (tertiary/aromatic N) is 1. The van der Waals surface area contributed by atoms with Crippen LogP contribution in [0.15, 0.2) is 18.5 Å². The minimum Gasteiger partial charge on any atom is -0.293 e. The Morgan fingerprint density at radius 1 is 1.50 bits per heavy atom. The molecule has 6 heteroatoms. The third-order valence-corrected chi connectivity index (χ3v) is 1.79. The fourth-order valence-corrected chi connectivity index (χ4v) is 1.08. The number of Topliss-reactive ketones (excluding diaryl/α,β-unsaturated/α-hetero) is 1. The first kappa shape index (κ1) is 11.0. The van der Waals surface area contributed by atoms with E-state index in [2.05, 4.69) is 4.98 Å². The van der Waals surface area contributed by atoms with Gasteiger partial charge in [-0.05, 0) is 6.07 Å². The van der Waals surface area contributed by atoms with Crippen LogP contribution in [0.2, 0.25) is 0 Å². The largest absolute Gasteiger partial charge is 0.418 e. The minimum atomic E-state index is -4.58. The highest BCUT2D eigenvalue weighted by Gasteiger charge is 2.35. The van der Waals surface area contributed by atoms with Crippen LogP contribution in [-0.4, -0.2) is 16.6 Å². The molecule has 0 fully saturated rings. The normalized spacial score (nSPS) is 11.4. The van der Waals surface area contributed by atoms with Crippen molar-refractivity contribution in [2.45, 2.75) is 6.18 Å². The maximum atomic E-state index is 12.3. The number of aromatic nitrogens is 1. The van der Waals surface area contributed by atoms with Crippen molar-refractivity contribution in [1.29, 1.82) is 0 Å². The van der Waals surface area contributed by atoms with Crippen molar-refractivity contribution in [1.82, 2.24) is 4.98 Å². The van der Waals surface area contributed by atoms with Gasteiger partial charge in [0.05, 0.1) is 11.4 Å². The van der Waals surface area contributed by atoms with E-state index < -0.39 is 29.0 Å². The van der Waals surface area contributed by atoms with Crippen LogP contribution in [-0.2, 0) is 6.18 Å². The Morgan fingerprint density at radius 3 is 2.64 bits per heavy atom. The van der Waals surface area contributed by atoms with Crippen molar-refractivity contribution in [2.75, 3.05) is 5.88 Å². The number of alkyl halides is 4. The van der Waals surface area contributed by atoms with Gasteiger partial charge in [0.2, 0.25) is 0 Å². The zero-order chi connectivity index (χ0) is 10.8. The Bertz CT molecular complexity index is 351. The summed E-state index contributed by atoms with van der Waals surface area (Å²) in [6, 6.07) is 1.01. The second-order valence-corrected chi connectivity index (χ2v) is 2.74. The third kappa shape index (κ3) is 2.23. The molecule has 0 amide bonds. The lowest BCUT2D eigenvalue weighted by molar-refractivity contribution is -0.138. The van der Waals surface area contributed by atoms with Crippen molar-refractivity contribution >= 4 is 17.4 Å². The predicted octanol–water partition coefficient (Wildman–Crippen LogP) is 2.52. The first-order valence-electron chi connectivity index (χ1n) is 3.57. The molecule has 0 aliphatic carbocycles. The van der Waals surface area contributed by atoms with Crippen molar-refractivity contribution in [3.8, 4) is 0 Å². The van der Waals surface area contributed by atoms with Crippen LogP contribution in [0, 0.1) is 0 Å². The second-order valence-electron chi connectivity index (χ2n) is 2.48. The molecule has 0 N–H and O–H groups in total. The lowest BCUT2D eigenvalue weighted by Gasteiger charge is -2.09. The van der Waals surface area contributed by atoms with Gasteiger partial charge < -0.3 is 0 Å². The van der Waals surface area contributed by atoms with Gasteiger partial charge in [0, 0.05) is 18.0 Å². The van der Waals surface area contributed by atoms with Crippen molar-refractivity contribution in [2.24, 2.45) is 0 Å². The highest BCUT2D eigenvalue weighted by Crippen LogP contribution is 2.31. The summed E-state index contributed by atoms with van der Waals surface area (Å²) in [5.74, 6) is -1.24. The van der Waals surface area contributed by atoms with Crippen LogP contribution in [0.5, 0.6) is 0 Å². The Morgan fingerprint density at radius 2 is 2.14 bits per heavy atom. The van der Waals surface area contributed by atoms with Gasteiger partial charge in [-0.1, -0.05) is 0 Å². The molecule has 1 aromatic rings. The molecule has 76 valence electrons. The molecule has 0 aliphatic rings. The SMILES string of the molecule is O=C(CCl)c1ccncc1C(F)(F)F. The quantitative estimate of drug-likeness (QED) is 0.570. The van der Waals surface area contributed by atoms with E-state index >= 15 is 0 Å². The number of halogens is 4. The summed E-state index contributed by atoms with van der Waals surface area (Å²) < 4.78 is 36.9. The molecule has 0 aromatic carbocycles. The fourth-order valence-electron chi connectivity index (χ4n) is 0.935. The summed E-state index contributed by atoms with van der Waals surface area (Å²) >= 11 is 5.17. The number of hydrogen-bond donors (Lipinski definition) is 0. The van der Waals surface area contributed by atoms with Gasteiger partial charge in [-0.3, -0.25) is 9.78 Å². The Hall–Kier alpha value is -1.10. The van der Waals surface area contributed by atoms with E-state index in [1.165, 1.54) is 0 Å². The van der Waals surface area contributed by atoms with Gasteiger partial charge in [-0.25, -0.2) is 0 Å². The smallest absolute Gasteiger partial charge is 0.293 e. The van der Waals surface area contributed by atoms with Crippen LogP contribution in [0.25, 0.3) is 0 Å². The van der Waals surface area contributed by atoms with Crippen LogP contribution in [0.4, 0.5) is 13.2 Å². The molecule has 2 nitrogen and oxygen atoms in total. The molecule has 0 bridgehead atoms. The minimum absolute atomic E-state index is 0.442. The molecular weight excluding hydrogens is 219 g/mol. The maximum Gasteiger partial charge on any atom is 0.418 e. The number of ketones is 1. The topological polar surface area (TPSA) is 30.0 Å². The molecule has 0 aliphatic heterocycles. The molecule has 0 unspecified atom stereocenters. The first-order valence-corrected chi connectivity index (χ1v) is 4.10. The average Bonchev–Trinajstić information content (AvgIpc) is 2.15. The van der Waals surface area contributed by atoms with Crippen LogP contribution < -0.4 is 0 Å². The monoisotopic (exact) mass is 223 g/mol. The zero-order valence-electron chi connectivity index (χ0n) is 6.81. The molecule has 1 heterocycles. The van der Waals surface area contributed by atoms with E-state index in [1.54, 1.807) is 0 Å². The van der Waals surface area contributed by atoms with Crippen LogP contribution in [0.3, 0.4) is 0 Å². The van der Waals surface area contributed by atoms with E-state index in [1.807, 2.05) is 0 Å². The van der Waals surface area contributed by atoms with Gasteiger partial charge in [-0.15, -0.1) is 11.6 Å². The summed E-state index contributed by atoms with van der Waals surface area (Å²) in [5, 5.41) is 0. The van der Waals surface area contributed by atoms with Gasteiger partial charge in [0.1, 0.15) is 0 Å². The van der Waals surface area contributed by atoms with Gasteiger partial charge in [0.15, 0.2) is 5.78 Å². The van der Waals surface area contributed by atoms with E-state index in [0.29, 0.717) is 6.20 Å². The third-order valence-electron chi connectivity index (χ3n) is 1.55. The van der Waals surface area contributed by atoms with E-state index in [-0.39, 0.29) is 0 Å². The summed E-state index contributed by atoms with van der Waals surface area (Å²) in [4.78, 5) is 14.3. The fraction of sp³-hybridized carbons (Fsp3) is 0.250. The summed E-state index contributed by atoms with van der Waals surface area (Å²) in [7, 11) is 0. The molecule has 0 spiro atoms. The van der Waals surface area contributed by atoms with Crippen molar-refractivity contribution in [3.63, 3.8) is 0 Å².